The van der Waals surface area contributed by atoms with Crippen LogP contribution in [0.3, 0.4) is 0 Å². The van der Waals surface area contributed by atoms with Gasteiger partial charge in [-0.15, -0.1) is 0 Å². The molecule has 0 saturated heterocycles. The van der Waals surface area contributed by atoms with E-state index in [1.807, 2.05) is 30.3 Å². The fourth-order valence-electron chi connectivity index (χ4n) is 1.15. The molecule has 1 atom stereocenters. The minimum Gasteiger partial charge on any atom is -0.491 e. The molecule has 0 aromatic heterocycles. The van der Waals surface area contributed by atoms with Gasteiger partial charge in [0.15, 0.2) is 0 Å². The number of rotatable bonds is 4. The first-order chi connectivity index (χ1) is 7.88. The number of hydrogen-bond acceptors (Lipinski definition) is 4. The van der Waals surface area contributed by atoms with Gasteiger partial charge in [0.05, 0.1) is 0 Å². The van der Waals surface area contributed by atoms with Crippen LogP contribution in [-0.4, -0.2) is 24.2 Å². The fraction of sp³-hybridized carbons (Fsp3) is 0.462. The minimum atomic E-state index is -0.769. The first-order valence-corrected chi connectivity index (χ1v) is 5.55. The van der Waals surface area contributed by atoms with Crippen molar-refractivity contribution >= 4 is 5.97 Å². The highest BCUT2D eigenvalue weighted by atomic mass is 16.6. The lowest BCUT2D eigenvalue weighted by Gasteiger charge is -2.22. The van der Waals surface area contributed by atoms with Crippen LogP contribution < -0.4 is 10.5 Å². The summed E-state index contributed by atoms with van der Waals surface area (Å²) in [6.45, 7) is 5.51. The van der Waals surface area contributed by atoms with E-state index in [2.05, 4.69) is 0 Å². The topological polar surface area (TPSA) is 61.5 Å². The molecule has 0 bridgehead atoms. The van der Waals surface area contributed by atoms with E-state index in [1.54, 1.807) is 20.8 Å². The molecule has 4 nitrogen and oxygen atoms in total. The Labute approximate surface area is 102 Å². The SMILES string of the molecule is CC(C)(C)OC(=O)[C@H](N)COc1ccccc1. The molecule has 1 rings (SSSR count). The third kappa shape index (κ3) is 5.36. The largest absolute Gasteiger partial charge is 0.491 e. The molecule has 0 unspecified atom stereocenters. The van der Waals surface area contributed by atoms with Gasteiger partial charge in [0.25, 0.3) is 0 Å². The van der Waals surface area contributed by atoms with Crippen LogP contribution in [-0.2, 0) is 9.53 Å². The van der Waals surface area contributed by atoms with Crippen molar-refractivity contribution in [3.8, 4) is 5.75 Å². The minimum absolute atomic E-state index is 0.110. The first-order valence-electron chi connectivity index (χ1n) is 5.55. The van der Waals surface area contributed by atoms with Crippen LogP contribution >= 0.6 is 0 Å². The maximum atomic E-state index is 11.6. The normalized spacial score (nSPS) is 12.9. The van der Waals surface area contributed by atoms with Crippen LogP contribution in [0.2, 0.25) is 0 Å². The molecule has 4 heteroatoms. The zero-order chi connectivity index (χ0) is 12.9. The molecule has 0 saturated carbocycles. The van der Waals surface area contributed by atoms with Gasteiger partial charge in [-0.05, 0) is 32.9 Å². The Morgan fingerprint density at radius 2 is 1.88 bits per heavy atom. The lowest BCUT2D eigenvalue weighted by molar-refractivity contribution is -0.157. The van der Waals surface area contributed by atoms with Gasteiger partial charge in [0.2, 0.25) is 0 Å². The van der Waals surface area contributed by atoms with Crippen LogP contribution in [0.15, 0.2) is 30.3 Å². The van der Waals surface area contributed by atoms with Crippen molar-refractivity contribution in [2.45, 2.75) is 32.4 Å². The van der Waals surface area contributed by atoms with Gasteiger partial charge in [-0.2, -0.15) is 0 Å². The number of hydrogen-bond donors (Lipinski definition) is 1. The fourth-order valence-corrected chi connectivity index (χ4v) is 1.15. The van der Waals surface area contributed by atoms with Crippen LogP contribution in [0.4, 0.5) is 0 Å². The molecular formula is C13H19NO3. The van der Waals surface area contributed by atoms with Crippen LogP contribution in [0.1, 0.15) is 20.8 Å². The van der Waals surface area contributed by atoms with Gasteiger partial charge >= 0.3 is 5.97 Å². The molecule has 0 amide bonds. The molecule has 94 valence electrons. The Hall–Kier alpha value is -1.55. The van der Waals surface area contributed by atoms with Gasteiger partial charge in [-0.3, -0.25) is 4.79 Å². The summed E-state index contributed by atoms with van der Waals surface area (Å²) in [4.78, 5) is 11.6. The number of para-hydroxylation sites is 1. The molecule has 17 heavy (non-hydrogen) atoms. The second-order valence-electron chi connectivity index (χ2n) is 4.76. The van der Waals surface area contributed by atoms with E-state index in [-0.39, 0.29) is 6.61 Å². The maximum absolute atomic E-state index is 11.6. The second-order valence-corrected chi connectivity index (χ2v) is 4.76. The highest BCUT2D eigenvalue weighted by Gasteiger charge is 2.22. The van der Waals surface area contributed by atoms with Gasteiger partial charge in [-0.1, -0.05) is 18.2 Å². The molecule has 2 N–H and O–H groups in total. The number of ether oxygens (including phenoxy) is 2. The Bertz CT molecular complexity index is 357. The lowest BCUT2D eigenvalue weighted by Crippen LogP contribution is -2.41. The summed E-state index contributed by atoms with van der Waals surface area (Å²) in [5.74, 6) is 0.236. The summed E-state index contributed by atoms with van der Waals surface area (Å²) in [5, 5.41) is 0. The molecule has 0 aliphatic carbocycles. The molecule has 0 radical (unpaired) electrons. The van der Waals surface area contributed by atoms with Crippen molar-refractivity contribution in [1.82, 2.24) is 0 Å². The van der Waals surface area contributed by atoms with E-state index >= 15 is 0 Å². The van der Waals surface area contributed by atoms with Crippen molar-refractivity contribution < 1.29 is 14.3 Å². The third-order valence-electron chi connectivity index (χ3n) is 1.88. The Morgan fingerprint density at radius 3 is 2.41 bits per heavy atom. The van der Waals surface area contributed by atoms with Crippen LogP contribution in [0.25, 0.3) is 0 Å². The van der Waals surface area contributed by atoms with E-state index < -0.39 is 17.6 Å². The smallest absolute Gasteiger partial charge is 0.326 e. The molecule has 0 heterocycles. The molecule has 0 aliphatic rings. The summed E-state index contributed by atoms with van der Waals surface area (Å²) in [6.07, 6.45) is 0. The number of nitrogens with two attached hydrogens (primary N) is 1. The van der Waals surface area contributed by atoms with Crippen molar-refractivity contribution in [3.05, 3.63) is 30.3 Å². The molecule has 1 aromatic carbocycles. The Balaban J connectivity index is 2.40. The van der Waals surface area contributed by atoms with Crippen LogP contribution in [0.5, 0.6) is 5.75 Å². The molecule has 1 aromatic rings. The van der Waals surface area contributed by atoms with E-state index in [0.29, 0.717) is 5.75 Å². The zero-order valence-corrected chi connectivity index (χ0v) is 10.5. The van der Waals surface area contributed by atoms with E-state index in [4.69, 9.17) is 15.2 Å². The van der Waals surface area contributed by atoms with Gasteiger partial charge in [0.1, 0.15) is 24.0 Å². The summed E-state index contributed by atoms with van der Waals surface area (Å²) >= 11 is 0. The Kier molecular flexibility index (Phi) is 4.52. The highest BCUT2D eigenvalue weighted by Crippen LogP contribution is 2.10. The highest BCUT2D eigenvalue weighted by molar-refractivity contribution is 5.76. The van der Waals surface area contributed by atoms with E-state index in [1.165, 1.54) is 0 Å². The number of carbonyl (C=O) groups excluding carboxylic acids is 1. The summed E-state index contributed by atoms with van der Waals surface area (Å²) in [6, 6.07) is 8.45. The van der Waals surface area contributed by atoms with Crippen molar-refractivity contribution in [2.75, 3.05) is 6.61 Å². The Morgan fingerprint density at radius 1 is 1.29 bits per heavy atom. The van der Waals surface area contributed by atoms with Gasteiger partial charge in [0, 0.05) is 0 Å². The van der Waals surface area contributed by atoms with E-state index in [0.717, 1.165) is 0 Å². The predicted octanol–water partition coefficient (Wildman–Crippen LogP) is 1.73. The summed E-state index contributed by atoms with van der Waals surface area (Å²) < 4.78 is 10.5. The zero-order valence-electron chi connectivity index (χ0n) is 10.5. The maximum Gasteiger partial charge on any atom is 0.326 e. The molecule has 0 spiro atoms. The van der Waals surface area contributed by atoms with Gasteiger partial charge in [-0.25, -0.2) is 0 Å². The average Bonchev–Trinajstić information content (AvgIpc) is 2.25. The number of benzene rings is 1. The quantitative estimate of drug-likeness (QED) is 0.810. The van der Waals surface area contributed by atoms with Gasteiger partial charge < -0.3 is 15.2 Å². The van der Waals surface area contributed by atoms with Crippen LogP contribution in [0, 0.1) is 0 Å². The first kappa shape index (κ1) is 13.5. The standard InChI is InChI=1S/C13H19NO3/c1-13(2,3)17-12(15)11(14)9-16-10-7-5-4-6-8-10/h4-8,11H,9,14H2,1-3H3/t11-/m1/s1. The third-order valence-corrected chi connectivity index (χ3v) is 1.88. The van der Waals surface area contributed by atoms with Crippen molar-refractivity contribution in [3.63, 3.8) is 0 Å². The summed E-state index contributed by atoms with van der Waals surface area (Å²) in [7, 11) is 0. The van der Waals surface area contributed by atoms with Crippen molar-refractivity contribution in [1.29, 1.82) is 0 Å². The second kappa shape index (κ2) is 5.68. The monoisotopic (exact) mass is 237 g/mol. The predicted molar refractivity (Wildman–Crippen MR) is 65.8 cm³/mol. The summed E-state index contributed by atoms with van der Waals surface area (Å²) in [5.41, 5.74) is 5.15. The number of esters is 1. The average molecular weight is 237 g/mol. The molecular weight excluding hydrogens is 218 g/mol. The lowest BCUT2D eigenvalue weighted by atomic mass is 10.2. The molecule has 0 aliphatic heterocycles. The molecule has 0 fully saturated rings. The number of carbonyl (C=O) groups is 1. The van der Waals surface area contributed by atoms with Crippen molar-refractivity contribution in [2.24, 2.45) is 5.73 Å². The van der Waals surface area contributed by atoms with E-state index in [9.17, 15) is 4.79 Å².